The van der Waals surface area contributed by atoms with Crippen molar-refractivity contribution in [3.8, 4) is 0 Å². The van der Waals surface area contributed by atoms with Gasteiger partial charge in [0.15, 0.2) is 0 Å². The first-order chi connectivity index (χ1) is 7.13. The maximum Gasteiger partial charge on any atom is 0.236 e. The van der Waals surface area contributed by atoms with Crippen molar-refractivity contribution in [2.75, 3.05) is 7.05 Å². The molecule has 0 spiro atoms. The quantitative estimate of drug-likeness (QED) is 0.818. The van der Waals surface area contributed by atoms with Crippen molar-refractivity contribution in [3.63, 3.8) is 0 Å². The zero-order valence-electron chi connectivity index (χ0n) is 8.88. The van der Waals surface area contributed by atoms with Crippen molar-refractivity contribution >= 4 is 17.5 Å². The highest BCUT2D eigenvalue weighted by atomic mass is 35.5. The van der Waals surface area contributed by atoms with E-state index in [9.17, 15) is 4.79 Å². The van der Waals surface area contributed by atoms with E-state index in [1.54, 1.807) is 7.05 Å². The minimum Gasteiger partial charge on any atom is -0.358 e. The van der Waals surface area contributed by atoms with Gasteiger partial charge in [-0.05, 0) is 24.6 Å². The number of nitrogens with one attached hydrogen (secondary N) is 2. The summed E-state index contributed by atoms with van der Waals surface area (Å²) in [5.41, 5.74) is 1.07. The first kappa shape index (κ1) is 12.0. The molecule has 4 heteroatoms. The van der Waals surface area contributed by atoms with Gasteiger partial charge >= 0.3 is 0 Å². The highest BCUT2D eigenvalue weighted by molar-refractivity contribution is 6.30. The predicted octanol–water partition coefficient (Wildman–Crippen LogP) is 1.56. The lowest BCUT2D eigenvalue weighted by molar-refractivity contribution is -0.122. The average Bonchev–Trinajstić information content (AvgIpc) is 2.25. The molecule has 0 heterocycles. The normalized spacial score (nSPS) is 12.2. The number of halogens is 1. The molecular weight excluding hydrogens is 212 g/mol. The van der Waals surface area contributed by atoms with E-state index in [1.807, 2.05) is 31.2 Å². The first-order valence-electron chi connectivity index (χ1n) is 4.83. The summed E-state index contributed by atoms with van der Waals surface area (Å²) in [5, 5.41) is 6.40. The van der Waals surface area contributed by atoms with Crippen molar-refractivity contribution in [1.29, 1.82) is 0 Å². The van der Waals surface area contributed by atoms with Crippen LogP contribution in [-0.2, 0) is 11.3 Å². The van der Waals surface area contributed by atoms with Gasteiger partial charge < -0.3 is 10.6 Å². The molecule has 1 amide bonds. The van der Waals surface area contributed by atoms with E-state index < -0.39 is 0 Å². The van der Waals surface area contributed by atoms with Gasteiger partial charge in [-0.15, -0.1) is 0 Å². The minimum absolute atomic E-state index is 0.0166. The van der Waals surface area contributed by atoms with Crippen LogP contribution < -0.4 is 10.6 Å². The maximum absolute atomic E-state index is 11.2. The zero-order valence-corrected chi connectivity index (χ0v) is 9.64. The number of hydrogen-bond acceptors (Lipinski definition) is 2. The molecule has 0 radical (unpaired) electrons. The van der Waals surface area contributed by atoms with Crippen LogP contribution in [0.15, 0.2) is 24.3 Å². The Morgan fingerprint density at radius 1 is 1.53 bits per heavy atom. The molecule has 0 saturated carbocycles. The SMILES string of the molecule is CNC(=O)[C@@H](C)NCc1cccc(Cl)c1. The second-order valence-electron chi connectivity index (χ2n) is 3.35. The van der Waals surface area contributed by atoms with E-state index >= 15 is 0 Å². The molecule has 0 aliphatic carbocycles. The van der Waals surface area contributed by atoms with Gasteiger partial charge in [-0.3, -0.25) is 4.79 Å². The third kappa shape index (κ3) is 3.90. The van der Waals surface area contributed by atoms with Crippen LogP contribution >= 0.6 is 11.6 Å². The van der Waals surface area contributed by atoms with Crippen LogP contribution in [0, 0.1) is 0 Å². The summed E-state index contributed by atoms with van der Waals surface area (Å²) in [7, 11) is 1.62. The van der Waals surface area contributed by atoms with E-state index in [1.165, 1.54) is 0 Å². The van der Waals surface area contributed by atoms with Gasteiger partial charge in [0.1, 0.15) is 0 Å². The molecule has 1 aromatic rings. The Kier molecular flexibility index (Phi) is 4.59. The minimum atomic E-state index is -0.200. The zero-order chi connectivity index (χ0) is 11.3. The molecule has 0 saturated heterocycles. The molecule has 15 heavy (non-hydrogen) atoms. The molecule has 0 aliphatic heterocycles. The summed E-state index contributed by atoms with van der Waals surface area (Å²) in [5.74, 6) is -0.0166. The monoisotopic (exact) mass is 226 g/mol. The van der Waals surface area contributed by atoms with Gasteiger partial charge in [-0.1, -0.05) is 23.7 Å². The first-order valence-corrected chi connectivity index (χ1v) is 5.20. The maximum atomic E-state index is 11.2. The summed E-state index contributed by atoms with van der Waals surface area (Å²) in [6, 6.07) is 7.37. The lowest BCUT2D eigenvalue weighted by Crippen LogP contribution is -2.40. The molecule has 0 aromatic heterocycles. The Bertz CT molecular complexity index is 341. The fourth-order valence-electron chi connectivity index (χ4n) is 1.23. The van der Waals surface area contributed by atoms with Crippen molar-refractivity contribution in [1.82, 2.24) is 10.6 Å². The topological polar surface area (TPSA) is 41.1 Å². The number of likely N-dealkylation sites (N-methyl/N-ethyl adjacent to an activating group) is 1. The van der Waals surface area contributed by atoms with Crippen molar-refractivity contribution < 1.29 is 4.79 Å². The van der Waals surface area contributed by atoms with Crippen LogP contribution in [0.4, 0.5) is 0 Å². The number of hydrogen-bond donors (Lipinski definition) is 2. The van der Waals surface area contributed by atoms with E-state index in [2.05, 4.69) is 10.6 Å². The summed E-state index contributed by atoms with van der Waals surface area (Å²) < 4.78 is 0. The fraction of sp³-hybridized carbons (Fsp3) is 0.364. The van der Waals surface area contributed by atoms with Crippen LogP contribution in [-0.4, -0.2) is 19.0 Å². The van der Waals surface area contributed by atoms with Crippen LogP contribution in [0.5, 0.6) is 0 Å². The summed E-state index contributed by atoms with van der Waals surface area (Å²) in [6.45, 7) is 2.46. The Morgan fingerprint density at radius 3 is 2.87 bits per heavy atom. The Hall–Kier alpha value is -1.06. The number of rotatable bonds is 4. The summed E-state index contributed by atoms with van der Waals surface area (Å²) >= 11 is 5.84. The molecule has 0 fully saturated rings. The van der Waals surface area contributed by atoms with Gasteiger partial charge in [0, 0.05) is 18.6 Å². The molecule has 2 N–H and O–H groups in total. The fourth-order valence-corrected chi connectivity index (χ4v) is 1.44. The second kappa shape index (κ2) is 5.73. The van der Waals surface area contributed by atoms with Crippen LogP contribution in [0.25, 0.3) is 0 Å². The third-order valence-electron chi connectivity index (χ3n) is 2.14. The Labute approximate surface area is 94.8 Å². The van der Waals surface area contributed by atoms with Crippen molar-refractivity contribution in [2.45, 2.75) is 19.5 Å². The number of amides is 1. The van der Waals surface area contributed by atoms with Crippen LogP contribution in [0.3, 0.4) is 0 Å². The standard InChI is InChI=1S/C11H15ClN2O/c1-8(11(15)13-2)14-7-9-4-3-5-10(12)6-9/h3-6,8,14H,7H2,1-2H3,(H,13,15)/t8-/m1/s1. The lowest BCUT2D eigenvalue weighted by atomic mass is 10.2. The molecular formula is C11H15ClN2O. The molecule has 0 bridgehead atoms. The lowest BCUT2D eigenvalue weighted by Gasteiger charge is -2.12. The van der Waals surface area contributed by atoms with E-state index in [4.69, 9.17) is 11.6 Å². The van der Waals surface area contributed by atoms with Crippen LogP contribution in [0.1, 0.15) is 12.5 Å². The summed E-state index contributed by atoms with van der Waals surface area (Å²) in [4.78, 5) is 11.2. The van der Waals surface area contributed by atoms with E-state index in [0.717, 1.165) is 5.56 Å². The molecule has 0 aliphatic rings. The highest BCUT2D eigenvalue weighted by Crippen LogP contribution is 2.10. The molecule has 1 rings (SSSR count). The largest absolute Gasteiger partial charge is 0.358 e. The smallest absolute Gasteiger partial charge is 0.236 e. The van der Waals surface area contributed by atoms with Gasteiger partial charge in [0.25, 0.3) is 0 Å². The van der Waals surface area contributed by atoms with Gasteiger partial charge in [0.2, 0.25) is 5.91 Å². The molecule has 3 nitrogen and oxygen atoms in total. The molecule has 0 unspecified atom stereocenters. The van der Waals surface area contributed by atoms with E-state index in [-0.39, 0.29) is 11.9 Å². The van der Waals surface area contributed by atoms with Gasteiger partial charge in [0.05, 0.1) is 6.04 Å². The van der Waals surface area contributed by atoms with Crippen LogP contribution in [0.2, 0.25) is 5.02 Å². The number of benzene rings is 1. The predicted molar refractivity (Wildman–Crippen MR) is 61.8 cm³/mol. The van der Waals surface area contributed by atoms with Gasteiger partial charge in [-0.2, -0.15) is 0 Å². The third-order valence-corrected chi connectivity index (χ3v) is 2.38. The number of carbonyl (C=O) groups excluding carboxylic acids is 1. The second-order valence-corrected chi connectivity index (χ2v) is 3.78. The molecule has 1 atom stereocenters. The Morgan fingerprint density at radius 2 is 2.27 bits per heavy atom. The Balaban J connectivity index is 2.47. The summed E-state index contributed by atoms with van der Waals surface area (Å²) in [6.07, 6.45) is 0. The van der Waals surface area contributed by atoms with Gasteiger partial charge in [-0.25, -0.2) is 0 Å². The average molecular weight is 227 g/mol. The van der Waals surface area contributed by atoms with Crippen molar-refractivity contribution in [3.05, 3.63) is 34.9 Å². The number of carbonyl (C=O) groups is 1. The van der Waals surface area contributed by atoms with E-state index in [0.29, 0.717) is 11.6 Å². The molecule has 82 valence electrons. The molecule has 1 aromatic carbocycles. The highest BCUT2D eigenvalue weighted by Gasteiger charge is 2.09. The van der Waals surface area contributed by atoms with Crippen molar-refractivity contribution in [2.24, 2.45) is 0 Å².